The minimum Gasteiger partial charge on any atom is -0.444 e. The highest BCUT2D eigenvalue weighted by Crippen LogP contribution is 2.34. The Hall–Kier alpha value is -2.95. The third kappa shape index (κ3) is 4.08. The molecule has 0 spiro atoms. The van der Waals surface area contributed by atoms with Crippen molar-refractivity contribution in [2.24, 2.45) is 0 Å². The molecule has 2 unspecified atom stereocenters. The Morgan fingerprint density at radius 3 is 2.81 bits per heavy atom. The SMILES string of the molecule is CC(C)(C)OC(=O)N1CCC(c2cc3nc(N)ncc3cc2C#N)C(F)C1. The van der Waals surface area contributed by atoms with Crippen LogP contribution in [0.2, 0.25) is 0 Å². The van der Waals surface area contributed by atoms with Gasteiger partial charge in [0, 0.05) is 24.0 Å². The fourth-order valence-corrected chi connectivity index (χ4v) is 3.26. The van der Waals surface area contributed by atoms with E-state index < -0.39 is 23.8 Å². The van der Waals surface area contributed by atoms with Crippen LogP contribution in [0.5, 0.6) is 0 Å². The van der Waals surface area contributed by atoms with E-state index in [1.165, 1.54) is 4.90 Å². The molecule has 7 nitrogen and oxygen atoms in total. The van der Waals surface area contributed by atoms with Gasteiger partial charge < -0.3 is 15.4 Å². The molecule has 1 aromatic heterocycles. The number of hydrogen-bond acceptors (Lipinski definition) is 6. The summed E-state index contributed by atoms with van der Waals surface area (Å²) in [6, 6.07) is 5.48. The molecule has 2 atom stereocenters. The number of nitrogen functional groups attached to an aromatic ring is 1. The van der Waals surface area contributed by atoms with Gasteiger partial charge in [-0.25, -0.2) is 19.2 Å². The van der Waals surface area contributed by atoms with Gasteiger partial charge in [-0.05, 0) is 44.9 Å². The highest BCUT2D eigenvalue weighted by molar-refractivity contribution is 5.81. The number of likely N-dealkylation sites (tertiary alicyclic amines) is 1. The quantitative estimate of drug-likeness (QED) is 0.825. The van der Waals surface area contributed by atoms with Crippen LogP contribution in [0.25, 0.3) is 10.9 Å². The van der Waals surface area contributed by atoms with Crippen LogP contribution in [0, 0.1) is 11.3 Å². The summed E-state index contributed by atoms with van der Waals surface area (Å²) in [4.78, 5) is 21.7. The van der Waals surface area contributed by atoms with E-state index in [4.69, 9.17) is 10.5 Å². The van der Waals surface area contributed by atoms with E-state index >= 15 is 0 Å². The molecule has 0 radical (unpaired) electrons. The van der Waals surface area contributed by atoms with Crippen molar-refractivity contribution in [3.63, 3.8) is 0 Å². The first-order valence-electron chi connectivity index (χ1n) is 8.76. The predicted molar refractivity (Wildman–Crippen MR) is 98.7 cm³/mol. The summed E-state index contributed by atoms with van der Waals surface area (Å²) < 4.78 is 20.3. The highest BCUT2D eigenvalue weighted by Gasteiger charge is 2.35. The van der Waals surface area contributed by atoms with Crippen molar-refractivity contribution in [3.8, 4) is 6.07 Å². The van der Waals surface area contributed by atoms with Crippen LogP contribution in [0.15, 0.2) is 18.3 Å². The molecule has 0 saturated carbocycles. The number of amides is 1. The average molecular weight is 371 g/mol. The number of carbonyl (C=O) groups excluding carboxylic acids is 1. The summed E-state index contributed by atoms with van der Waals surface area (Å²) in [5.74, 6) is -0.381. The van der Waals surface area contributed by atoms with E-state index in [-0.39, 0.29) is 12.5 Å². The van der Waals surface area contributed by atoms with Crippen molar-refractivity contribution in [1.29, 1.82) is 5.26 Å². The second-order valence-electron chi connectivity index (χ2n) is 7.68. The van der Waals surface area contributed by atoms with E-state index in [9.17, 15) is 14.4 Å². The molecule has 8 heteroatoms. The second kappa shape index (κ2) is 6.99. The zero-order valence-corrected chi connectivity index (χ0v) is 15.6. The van der Waals surface area contributed by atoms with Crippen LogP contribution in [0.1, 0.15) is 44.2 Å². The molecule has 1 amide bonds. The number of hydrogen-bond donors (Lipinski definition) is 1. The highest BCUT2D eigenvalue weighted by atomic mass is 19.1. The number of alkyl halides is 1. The van der Waals surface area contributed by atoms with Crippen molar-refractivity contribution >= 4 is 22.9 Å². The molecule has 0 bridgehead atoms. The zero-order valence-electron chi connectivity index (χ0n) is 15.6. The number of benzene rings is 1. The summed E-state index contributed by atoms with van der Waals surface area (Å²) in [6.07, 6.45) is 0.0970. The monoisotopic (exact) mass is 371 g/mol. The largest absolute Gasteiger partial charge is 0.444 e. The molecule has 1 aliphatic rings. The number of fused-ring (bicyclic) bond motifs is 1. The molecule has 1 aromatic carbocycles. The van der Waals surface area contributed by atoms with Crippen LogP contribution in [0.3, 0.4) is 0 Å². The number of anilines is 1. The maximum Gasteiger partial charge on any atom is 0.410 e. The van der Waals surface area contributed by atoms with Crippen LogP contribution < -0.4 is 5.73 Å². The Morgan fingerprint density at radius 2 is 2.19 bits per heavy atom. The maximum absolute atomic E-state index is 15.0. The van der Waals surface area contributed by atoms with Gasteiger partial charge in [-0.3, -0.25) is 0 Å². The van der Waals surface area contributed by atoms with Gasteiger partial charge >= 0.3 is 6.09 Å². The Labute approximate surface area is 156 Å². The van der Waals surface area contributed by atoms with Crippen LogP contribution in [-0.4, -0.2) is 45.8 Å². The third-order valence-corrected chi connectivity index (χ3v) is 4.48. The van der Waals surface area contributed by atoms with E-state index in [1.807, 2.05) is 0 Å². The Balaban J connectivity index is 1.85. The normalized spacial score (nSPS) is 20.3. The van der Waals surface area contributed by atoms with Gasteiger partial charge in [0.2, 0.25) is 5.95 Å². The number of rotatable bonds is 1. The van der Waals surface area contributed by atoms with E-state index in [0.29, 0.717) is 35.0 Å². The van der Waals surface area contributed by atoms with Gasteiger partial charge in [0.15, 0.2) is 0 Å². The molecule has 27 heavy (non-hydrogen) atoms. The zero-order chi connectivity index (χ0) is 19.8. The number of carbonyl (C=O) groups is 1. The third-order valence-electron chi connectivity index (χ3n) is 4.48. The summed E-state index contributed by atoms with van der Waals surface area (Å²) in [5, 5.41) is 10.2. The number of nitriles is 1. The van der Waals surface area contributed by atoms with Gasteiger partial charge in [0.25, 0.3) is 0 Å². The Bertz CT molecular complexity index is 919. The first kappa shape index (κ1) is 18.8. The molecule has 2 N–H and O–H groups in total. The lowest BCUT2D eigenvalue weighted by Gasteiger charge is -2.36. The topological polar surface area (TPSA) is 105 Å². The van der Waals surface area contributed by atoms with Crippen LogP contribution in [0.4, 0.5) is 15.1 Å². The number of ether oxygens (including phenoxy) is 1. The van der Waals surface area contributed by atoms with E-state index in [1.54, 1.807) is 39.1 Å². The molecule has 0 aliphatic carbocycles. The van der Waals surface area contributed by atoms with Crippen LogP contribution >= 0.6 is 0 Å². The standard InChI is InChI=1S/C19H22FN5O2/c1-19(2,3)27-18(26)25-5-4-13(15(20)10-25)14-7-16-12(6-11(14)8-21)9-23-17(22)24-16/h6-7,9,13,15H,4-5,10H2,1-3H3,(H2,22,23,24). The Morgan fingerprint density at radius 1 is 1.44 bits per heavy atom. The number of nitrogens with zero attached hydrogens (tertiary/aromatic N) is 4. The molecule has 142 valence electrons. The smallest absolute Gasteiger partial charge is 0.410 e. The first-order valence-corrected chi connectivity index (χ1v) is 8.76. The van der Waals surface area contributed by atoms with Crippen molar-refractivity contribution < 1.29 is 13.9 Å². The average Bonchev–Trinajstić information content (AvgIpc) is 2.59. The molecule has 1 fully saturated rings. The summed E-state index contributed by atoms with van der Waals surface area (Å²) >= 11 is 0. The van der Waals surface area contributed by atoms with Gasteiger partial charge in [-0.15, -0.1) is 0 Å². The molecule has 1 saturated heterocycles. The molecule has 1 aliphatic heterocycles. The molecule has 2 aromatic rings. The van der Waals surface area contributed by atoms with Gasteiger partial charge in [0.05, 0.1) is 23.7 Å². The Kier molecular flexibility index (Phi) is 4.87. The molecular formula is C19H22FN5O2. The number of nitrogens with two attached hydrogens (primary N) is 1. The van der Waals surface area contributed by atoms with Gasteiger partial charge in [-0.2, -0.15) is 5.26 Å². The lowest BCUT2D eigenvalue weighted by Crippen LogP contribution is -2.46. The van der Waals surface area contributed by atoms with Gasteiger partial charge in [0.1, 0.15) is 11.8 Å². The van der Waals surface area contributed by atoms with Crippen molar-refractivity contribution in [2.75, 3.05) is 18.8 Å². The predicted octanol–water partition coefficient (Wildman–Crippen LogP) is 3.15. The maximum atomic E-state index is 15.0. The minimum atomic E-state index is -1.31. The lowest BCUT2D eigenvalue weighted by molar-refractivity contribution is 0.0111. The fourth-order valence-electron chi connectivity index (χ4n) is 3.26. The fraction of sp³-hybridized carbons (Fsp3) is 0.474. The minimum absolute atomic E-state index is 0.0750. The molecular weight excluding hydrogens is 349 g/mol. The summed E-state index contributed by atoms with van der Waals surface area (Å²) in [6.45, 7) is 5.59. The second-order valence-corrected chi connectivity index (χ2v) is 7.68. The van der Waals surface area contributed by atoms with Crippen molar-refractivity contribution in [3.05, 3.63) is 29.5 Å². The summed E-state index contributed by atoms with van der Waals surface area (Å²) in [5.41, 5.74) is 6.53. The number of halogens is 1. The van der Waals surface area contributed by atoms with Gasteiger partial charge in [-0.1, -0.05) is 0 Å². The van der Waals surface area contributed by atoms with Crippen LogP contribution in [-0.2, 0) is 4.74 Å². The molecule has 3 rings (SSSR count). The van der Waals surface area contributed by atoms with Crippen molar-refractivity contribution in [2.45, 2.75) is 44.9 Å². The number of aromatic nitrogens is 2. The van der Waals surface area contributed by atoms with E-state index in [0.717, 1.165) is 0 Å². The van der Waals surface area contributed by atoms with Crippen molar-refractivity contribution in [1.82, 2.24) is 14.9 Å². The van der Waals surface area contributed by atoms with E-state index in [2.05, 4.69) is 16.0 Å². The summed E-state index contributed by atoms with van der Waals surface area (Å²) in [7, 11) is 0. The number of piperidine rings is 1. The lowest BCUT2D eigenvalue weighted by atomic mass is 9.85. The molecule has 2 heterocycles. The first-order chi connectivity index (χ1) is 12.7.